The number of benzene rings is 2. The number of nitrogens with zero attached hydrogens (tertiary/aromatic N) is 2. The number of Topliss-reactive ketones (excluding diaryl/α,β-unsaturated/α-hetero) is 1. The van der Waals surface area contributed by atoms with Crippen molar-refractivity contribution in [1.82, 2.24) is 9.47 Å². The standard InChI is InChI=1S/C26H29N3O5S/c1-17-14-22(18(2)29(17)20-6-8-21(9-7-20)35(27,31)32)24(30)16-28-11-3-4-23(28)19-5-10-25-26(15-19)34-13-12-33-25/h5-10,14-15,23H,3-4,11-13,16H2,1-2H3,(H2,27,31,32). The molecule has 2 aliphatic rings. The van der Waals surface area contributed by atoms with Gasteiger partial charge < -0.3 is 14.0 Å². The average molecular weight is 496 g/mol. The number of primary sulfonamides is 1. The molecule has 0 aliphatic carbocycles. The molecule has 0 bridgehead atoms. The topological polar surface area (TPSA) is 104 Å². The van der Waals surface area contributed by atoms with Gasteiger partial charge in [-0.05, 0) is 81.3 Å². The fourth-order valence-electron chi connectivity index (χ4n) is 5.16. The summed E-state index contributed by atoms with van der Waals surface area (Å²) < 4.78 is 36.5. The summed E-state index contributed by atoms with van der Waals surface area (Å²) in [7, 11) is -3.76. The van der Waals surface area contributed by atoms with Gasteiger partial charge in [-0.1, -0.05) is 6.07 Å². The minimum absolute atomic E-state index is 0.0548. The van der Waals surface area contributed by atoms with Crippen LogP contribution >= 0.6 is 0 Å². The summed E-state index contributed by atoms with van der Waals surface area (Å²) in [6, 6.07) is 14.5. The SMILES string of the molecule is Cc1cc(C(=O)CN2CCCC2c2ccc3c(c2)OCCO3)c(C)n1-c1ccc(S(N)(=O)=O)cc1. The fraction of sp³-hybridized carbons (Fsp3) is 0.346. The van der Waals surface area contributed by atoms with Crippen LogP contribution in [-0.2, 0) is 10.0 Å². The van der Waals surface area contributed by atoms with Crippen molar-refractivity contribution in [2.75, 3.05) is 26.3 Å². The number of ketones is 1. The van der Waals surface area contributed by atoms with Crippen LogP contribution in [0, 0.1) is 13.8 Å². The van der Waals surface area contributed by atoms with Crippen molar-refractivity contribution < 1.29 is 22.7 Å². The van der Waals surface area contributed by atoms with E-state index in [0.29, 0.717) is 25.3 Å². The molecule has 0 amide bonds. The van der Waals surface area contributed by atoms with Crippen LogP contribution in [0.1, 0.15) is 46.2 Å². The molecule has 2 N–H and O–H groups in total. The molecule has 1 saturated heterocycles. The van der Waals surface area contributed by atoms with Crippen LogP contribution in [0.4, 0.5) is 0 Å². The van der Waals surface area contributed by atoms with Gasteiger partial charge >= 0.3 is 0 Å². The summed E-state index contributed by atoms with van der Waals surface area (Å²) in [6.07, 6.45) is 2.02. The van der Waals surface area contributed by atoms with E-state index in [4.69, 9.17) is 14.6 Å². The first-order chi connectivity index (χ1) is 16.7. The molecule has 1 unspecified atom stereocenters. The number of rotatable bonds is 6. The quantitative estimate of drug-likeness (QED) is 0.525. The van der Waals surface area contributed by atoms with Crippen molar-refractivity contribution in [3.05, 3.63) is 71.0 Å². The van der Waals surface area contributed by atoms with Gasteiger partial charge in [0.25, 0.3) is 0 Å². The fourth-order valence-corrected chi connectivity index (χ4v) is 5.67. The summed E-state index contributed by atoms with van der Waals surface area (Å²) in [5, 5.41) is 5.22. The van der Waals surface area contributed by atoms with Crippen molar-refractivity contribution in [2.24, 2.45) is 5.14 Å². The van der Waals surface area contributed by atoms with E-state index in [-0.39, 0.29) is 16.7 Å². The number of nitrogens with two attached hydrogens (primary N) is 1. The van der Waals surface area contributed by atoms with Crippen molar-refractivity contribution >= 4 is 15.8 Å². The number of fused-ring (bicyclic) bond motifs is 1. The first kappa shape index (κ1) is 23.6. The van der Waals surface area contributed by atoms with Gasteiger partial charge in [0.1, 0.15) is 13.2 Å². The molecule has 1 aromatic heterocycles. The van der Waals surface area contributed by atoms with Crippen LogP contribution in [-0.4, -0.2) is 50.0 Å². The molecule has 35 heavy (non-hydrogen) atoms. The molecule has 3 heterocycles. The first-order valence-electron chi connectivity index (χ1n) is 11.7. The Morgan fingerprint density at radius 3 is 2.46 bits per heavy atom. The van der Waals surface area contributed by atoms with Crippen LogP contribution in [0.5, 0.6) is 11.5 Å². The minimum atomic E-state index is -3.76. The summed E-state index contributed by atoms with van der Waals surface area (Å²) in [4.78, 5) is 15.7. The zero-order chi connectivity index (χ0) is 24.7. The largest absolute Gasteiger partial charge is 0.486 e. The molecule has 9 heteroatoms. The molecular formula is C26H29N3O5S. The number of hydrogen-bond donors (Lipinski definition) is 1. The predicted molar refractivity (Wildman–Crippen MR) is 132 cm³/mol. The number of ether oxygens (including phenoxy) is 2. The second-order valence-electron chi connectivity index (χ2n) is 9.11. The van der Waals surface area contributed by atoms with E-state index in [2.05, 4.69) is 11.0 Å². The van der Waals surface area contributed by atoms with Crippen molar-refractivity contribution in [2.45, 2.75) is 37.6 Å². The number of aryl methyl sites for hydroxylation is 1. The highest BCUT2D eigenvalue weighted by Gasteiger charge is 2.30. The maximum Gasteiger partial charge on any atom is 0.238 e. The average Bonchev–Trinajstić information content (AvgIpc) is 3.41. The van der Waals surface area contributed by atoms with E-state index in [9.17, 15) is 13.2 Å². The number of carbonyl (C=O) groups excluding carboxylic acids is 1. The highest BCUT2D eigenvalue weighted by atomic mass is 32.2. The van der Waals surface area contributed by atoms with Crippen LogP contribution in [0.3, 0.4) is 0 Å². The Bertz CT molecular complexity index is 1380. The second-order valence-corrected chi connectivity index (χ2v) is 10.7. The van der Waals surface area contributed by atoms with Crippen molar-refractivity contribution in [1.29, 1.82) is 0 Å². The van der Waals surface area contributed by atoms with Gasteiger partial charge in [0.2, 0.25) is 10.0 Å². The lowest BCUT2D eigenvalue weighted by Crippen LogP contribution is -2.30. The lowest BCUT2D eigenvalue weighted by atomic mass is 10.0. The Morgan fingerprint density at radius 1 is 1.03 bits per heavy atom. The summed E-state index contributed by atoms with van der Waals surface area (Å²) in [5.74, 6) is 1.60. The molecule has 0 spiro atoms. The van der Waals surface area contributed by atoms with Crippen LogP contribution < -0.4 is 14.6 Å². The summed E-state index contributed by atoms with van der Waals surface area (Å²) in [5.41, 5.74) is 4.32. The Kier molecular flexibility index (Phi) is 6.16. The van der Waals surface area contributed by atoms with Gasteiger partial charge in [-0.25, -0.2) is 13.6 Å². The third kappa shape index (κ3) is 4.59. The molecule has 5 rings (SSSR count). The first-order valence-corrected chi connectivity index (χ1v) is 13.3. The molecule has 2 aliphatic heterocycles. The highest BCUT2D eigenvalue weighted by Crippen LogP contribution is 2.38. The lowest BCUT2D eigenvalue weighted by molar-refractivity contribution is 0.0920. The van der Waals surface area contributed by atoms with Crippen molar-refractivity contribution in [3.8, 4) is 17.2 Å². The van der Waals surface area contributed by atoms with Crippen LogP contribution in [0.25, 0.3) is 5.69 Å². The molecule has 0 saturated carbocycles. The monoisotopic (exact) mass is 495 g/mol. The zero-order valence-corrected chi connectivity index (χ0v) is 20.7. The van der Waals surface area contributed by atoms with Gasteiger partial charge in [-0.2, -0.15) is 0 Å². The zero-order valence-electron chi connectivity index (χ0n) is 19.9. The molecule has 1 atom stereocenters. The molecular weight excluding hydrogens is 466 g/mol. The second kappa shape index (κ2) is 9.14. The molecule has 8 nitrogen and oxygen atoms in total. The third-order valence-electron chi connectivity index (χ3n) is 6.82. The Hall–Kier alpha value is -3.14. The Balaban J connectivity index is 1.36. The summed E-state index contributed by atoms with van der Waals surface area (Å²) >= 11 is 0. The highest BCUT2D eigenvalue weighted by molar-refractivity contribution is 7.89. The predicted octanol–water partition coefficient (Wildman–Crippen LogP) is 3.53. The number of likely N-dealkylation sites (tertiary alicyclic amines) is 1. The van der Waals surface area contributed by atoms with Crippen LogP contribution in [0.15, 0.2) is 53.4 Å². The van der Waals surface area contributed by atoms with Gasteiger partial charge in [0, 0.05) is 28.7 Å². The van der Waals surface area contributed by atoms with Gasteiger partial charge in [-0.15, -0.1) is 0 Å². The van der Waals surface area contributed by atoms with Crippen LogP contribution in [0.2, 0.25) is 0 Å². The van der Waals surface area contributed by atoms with E-state index >= 15 is 0 Å². The van der Waals surface area contributed by atoms with Crippen molar-refractivity contribution in [3.63, 3.8) is 0 Å². The molecule has 1 fully saturated rings. The lowest BCUT2D eigenvalue weighted by Gasteiger charge is -2.26. The number of sulfonamides is 1. The van der Waals surface area contributed by atoms with Gasteiger partial charge in [0.15, 0.2) is 17.3 Å². The minimum Gasteiger partial charge on any atom is -0.486 e. The van der Waals surface area contributed by atoms with E-state index < -0.39 is 10.0 Å². The van der Waals surface area contributed by atoms with Gasteiger partial charge in [0.05, 0.1) is 11.4 Å². The molecule has 0 radical (unpaired) electrons. The molecule has 184 valence electrons. The third-order valence-corrected chi connectivity index (χ3v) is 7.75. The number of hydrogen-bond acceptors (Lipinski definition) is 6. The number of carbonyl (C=O) groups is 1. The summed E-state index contributed by atoms with van der Waals surface area (Å²) in [6.45, 7) is 6.14. The Morgan fingerprint density at radius 2 is 1.74 bits per heavy atom. The van der Waals surface area contributed by atoms with E-state index in [0.717, 1.165) is 53.5 Å². The van der Waals surface area contributed by atoms with E-state index in [1.807, 2.05) is 36.6 Å². The normalized spacial score (nSPS) is 18.1. The maximum absolute atomic E-state index is 13.4. The maximum atomic E-state index is 13.4. The molecule has 2 aromatic carbocycles. The smallest absolute Gasteiger partial charge is 0.238 e. The molecule has 3 aromatic rings. The number of aromatic nitrogens is 1. The van der Waals surface area contributed by atoms with Gasteiger partial charge in [-0.3, -0.25) is 9.69 Å². The van der Waals surface area contributed by atoms with E-state index in [1.54, 1.807) is 12.1 Å². The Labute approximate surface area is 205 Å². The van der Waals surface area contributed by atoms with E-state index in [1.165, 1.54) is 12.1 Å².